The Balaban J connectivity index is 1.54. The number of rotatable bonds is 5. The average molecular weight is 374 g/mol. The van der Waals surface area contributed by atoms with E-state index in [9.17, 15) is 0 Å². The van der Waals surface area contributed by atoms with E-state index < -0.39 is 0 Å². The molecule has 0 aliphatic carbocycles. The van der Waals surface area contributed by atoms with Gasteiger partial charge in [0.15, 0.2) is 0 Å². The molecule has 1 heterocycles. The third-order valence-corrected chi connectivity index (χ3v) is 5.20. The second-order valence-corrected chi connectivity index (χ2v) is 7.28. The number of piperidine rings is 1. The van der Waals surface area contributed by atoms with Crippen molar-refractivity contribution in [2.24, 2.45) is 5.92 Å². The van der Waals surface area contributed by atoms with Gasteiger partial charge in [-0.25, -0.2) is 0 Å². The van der Waals surface area contributed by atoms with Crippen molar-refractivity contribution in [3.63, 3.8) is 0 Å². The van der Waals surface area contributed by atoms with Crippen LogP contribution in [0.4, 0.5) is 0 Å². The van der Waals surface area contributed by atoms with Gasteiger partial charge in [0, 0.05) is 16.6 Å². The molecule has 0 N–H and O–H groups in total. The molecule has 0 saturated carbocycles. The molecule has 0 bridgehead atoms. The summed E-state index contributed by atoms with van der Waals surface area (Å²) in [6, 6.07) is 17.1. The number of hydrogen-bond donors (Lipinski definition) is 0. The highest BCUT2D eigenvalue weighted by atomic mass is 79.9. The summed E-state index contributed by atoms with van der Waals surface area (Å²) in [6.45, 7) is 3.32. The molecule has 0 radical (unpaired) electrons. The first-order chi connectivity index (χ1) is 11.2. The molecule has 0 spiro atoms. The Bertz CT molecular complexity index is 621. The van der Waals surface area contributed by atoms with Gasteiger partial charge >= 0.3 is 0 Å². The molecule has 2 aromatic rings. The molecule has 1 saturated heterocycles. The van der Waals surface area contributed by atoms with Gasteiger partial charge in [-0.2, -0.15) is 0 Å². The molecule has 0 atom stereocenters. The van der Waals surface area contributed by atoms with Crippen LogP contribution in [0.1, 0.15) is 24.0 Å². The maximum atomic E-state index is 5.49. The lowest BCUT2D eigenvalue weighted by Gasteiger charge is -2.32. The molecule has 122 valence electrons. The van der Waals surface area contributed by atoms with E-state index in [-0.39, 0.29) is 0 Å². The van der Waals surface area contributed by atoms with E-state index in [2.05, 4.69) is 57.2 Å². The van der Waals surface area contributed by atoms with Crippen LogP contribution in [0.3, 0.4) is 0 Å². The minimum atomic E-state index is 0.818. The zero-order chi connectivity index (χ0) is 16.1. The van der Waals surface area contributed by atoms with Crippen LogP contribution in [0.2, 0.25) is 0 Å². The van der Waals surface area contributed by atoms with Gasteiger partial charge in [0.05, 0.1) is 7.11 Å². The number of likely N-dealkylation sites (tertiary alicyclic amines) is 1. The molecule has 0 amide bonds. The quantitative estimate of drug-likeness (QED) is 0.737. The molecule has 0 aromatic heterocycles. The predicted octanol–water partition coefficient (Wildman–Crippen LogP) is 4.91. The Hall–Kier alpha value is -1.32. The summed E-state index contributed by atoms with van der Waals surface area (Å²) in [4.78, 5) is 2.55. The Morgan fingerprint density at radius 3 is 2.52 bits per heavy atom. The highest BCUT2D eigenvalue weighted by Crippen LogP contribution is 2.27. The van der Waals surface area contributed by atoms with E-state index in [1.165, 1.54) is 43.5 Å². The Labute approximate surface area is 147 Å². The van der Waals surface area contributed by atoms with Crippen molar-refractivity contribution in [1.82, 2.24) is 4.90 Å². The number of methoxy groups -OCH3 is 1. The highest BCUT2D eigenvalue weighted by molar-refractivity contribution is 9.10. The monoisotopic (exact) mass is 373 g/mol. The van der Waals surface area contributed by atoms with Gasteiger partial charge in [-0.1, -0.05) is 46.3 Å². The Morgan fingerprint density at radius 2 is 1.83 bits per heavy atom. The summed E-state index contributed by atoms with van der Waals surface area (Å²) in [7, 11) is 1.75. The van der Waals surface area contributed by atoms with Crippen molar-refractivity contribution < 1.29 is 4.74 Å². The second kappa shape index (κ2) is 7.98. The molecule has 3 heteroatoms. The lowest BCUT2D eigenvalue weighted by atomic mass is 9.90. The lowest BCUT2D eigenvalue weighted by Crippen LogP contribution is -2.34. The van der Waals surface area contributed by atoms with Gasteiger partial charge in [0.1, 0.15) is 5.75 Å². The van der Waals surface area contributed by atoms with Crippen LogP contribution in [0.5, 0.6) is 5.75 Å². The van der Waals surface area contributed by atoms with Crippen LogP contribution in [0.15, 0.2) is 53.0 Å². The van der Waals surface area contributed by atoms with Crippen LogP contribution >= 0.6 is 15.9 Å². The van der Waals surface area contributed by atoms with Crippen molar-refractivity contribution in [2.45, 2.75) is 25.8 Å². The smallest absolute Gasteiger partial charge is 0.123 e. The van der Waals surface area contributed by atoms with E-state index in [1.807, 2.05) is 12.1 Å². The summed E-state index contributed by atoms with van der Waals surface area (Å²) >= 11 is 3.56. The average Bonchev–Trinajstić information content (AvgIpc) is 2.58. The van der Waals surface area contributed by atoms with Gasteiger partial charge in [-0.3, -0.25) is 4.90 Å². The maximum absolute atomic E-state index is 5.49. The van der Waals surface area contributed by atoms with E-state index in [1.54, 1.807) is 7.11 Å². The van der Waals surface area contributed by atoms with Crippen LogP contribution in [0, 0.1) is 5.92 Å². The van der Waals surface area contributed by atoms with Crippen LogP contribution < -0.4 is 4.74 Å². The van der Waals surface area contributed by atoms with Crippen molar-refractivity contribution in [1.29, 1.82) is 0 Å². The molecule has 1 fully saturated rings. The van der Waals surface area contributed by atoms with Crippen LogP contribution in [0.25, 0.3) is 0 Å². The molecular weight excluding hydrogens is 350 g/mol. The van der Waals surface area contributed by atoms with Crippen molar-refractivity contribution in [3.8, 4) is 5.75 Å². The molecule has 2 nitrogen and oxygen atoms in total. The summed E-state index contributed by atoms with van der Waals surface area (Å²) in [5.74, 6) is 1.80. The molecule has 23 heavy (non-hydrogen) atoms. The fourth-order valence-electron chi connectivity index (χ4n) is 3.41. The highest BCUT2D eigenvalue weighted by Gasteiger charge is 2.20. The van der Waals surface area contributed by atoms with Crippen molar-refractivity contribution in [2.75, 3.05) is 20.2 Å². The zero-order valence-electron chi connectivity index (χ0n) is 13.7. The molecule has 1 aliphatic rings. The maximum Gasteiger partial charge on any atom is 0.123 e. The van der Waals surface area contributed by atoms with E-state index in [0.29, 0.717) is 0 Å². The Kier molecular flexibility index (Phi) is 5.74. The van der Waals surface area contributed by atoms with E-state index >= 15 is 0 Å². The van der Waals surface area contributed by atoms with E-state index in [4.69, 9.17) is 4.74 Å². The number of hydrogen-bond acceptors (Lipinski definition) is 2. The van der Waals surface area contributed by atoms with Gasteiger partial charge in [0.25, 0.3) is 0 Å². The van der Waals surface area contributed by atoms with Crippen LogP contribution in [-0.2, 0) is 13.0 Å². The molecule has 0 unspecified atom stereocenters. The minimum absolute atomic E-state index is 0.818. The standard InChI is InChI=1S/C20H24BrNO/c1-23-20-8-7-19(21)14-18(20)15-22-11-9-17(10-12-22)13-16-5-3-2-4-6-16/h2-8,14,17H,9-13,15H2,1H3. The number of halogens is 1. The van der Waals surface area contributed by atoms with Crippen LogP contribution in [-0.4, -0.2) is 25.1 Å². The van der Waals surface area contributed by atoms with Gasteiger partial charge in [0.2, 0.25) is 0 Å². The zero-order valence-corrected chi connectivity index (χ0v) is 15.3. The first-order valence-electron chi connectivity index (χ1n) is 8.33. The second-order valence-electron chi connectivity index (χ2n) is 6.37. The van der Waals surface area contributed by atoms with Crippen molar-refractivity contribution in [3.05, 3.63) is 64.1 Å². The number of benzene rings is 2. The molecule has 2 aromatic carbocycles. The van der Waals surface area contributed by atoms with E-state index in [0.717, 1.165) is 22.7 Å². The van der Waals surface area contributed by atoms with Crippen molar-refractivity contribution >= 4 is 15.9 Å². The fourth-order valence-corrected chi connectivity index (χ4v) is 3.82. The number of ether oxygens (including phenoxy) is 1. The first-order valence-corrected chi connectivity index (χ1v) is 9.12. The topological polar surface area (TPSA) is 12.5 Å². The third kappa shape index (κ3) is 4.58. The summed E-state index contributed by atoms with van der Waals surface area (Å²) in [5.41, 5.74) is 2.74. The molecule has 1 aliphatic heterocycles. The summed E-state index contributed by atoms with van der Waals surface area (Å²) in [5, 5.41) is 0. The summed E-state index contributed by atoms with van der Waals surface area (Å²) < 4.78 is 6.61. The van der Waals surface area contributed by atoms with Gasteiger partial charge in [-0.15, -0.1) is 0 Å². The first kappa shape index (κ1) is 16.5. The lowest BCUT2D eigenvalue weighted by molar-refractivity contribution is 0.175. The Morgan fingerprint density at radius 1 is 1.09 bits per heavy atom. The fraction of sp³-hybridized carbons (Fsp3) is 0.400. The number of nitrogens with zero attached hydrogens (tertiary/aromatic N) is 1. The predicted molar refractivity (Wildman–Crippen MR) is 98.8 cm³/mol. The summed E-state index contributed by atoms with van der Waals surface area (Å²) in [6.07, 6.45) is 3.78. The normalized spacial score (nSPS) is 16.4. The van der Waals surface area contributed by atoms with Gasteiger partial charge in [-0.05, 0) is 62.0 Å². The third-order valence-electron chi connectivity index (χ3n) is 4.71. The van der Waals surface area contributed by atoms with Gasteiger partial charge < -0.3 is 4.74 Å². The SMILES string of the molecule is COc1ccc(Br)cc1CN1CCC(Cc2ccccc2)CC1. The molecule has 3 rings (SSSR count). The minimum Gasteiger partial charge on any atom is -0.496 e. The molecular formula is C20H24BrNO. The largest absolute Gasteiger partial charge is 0.496 e.